The monoisotopic (exact) mass is 271 g/mol. The van der Waals surface area contributed by atoms with Crippen molar-refractivity contribution in [3.05, 3.63) is 48.3 Å². The number of nitrogens with zero attached hydrogens (tertiary/aromatic N) is 2. The van der Waals surface area contributed by atoms with Crippen LogP contribution in [0.15, 0.2) is 42.7 Å². The van der Waals surface area contributed by atoms with Crippen LogP contribution in [0.2, 0.25) is 0 Å². The Balaban J connectivity index is 1.61. The quantitative estimate of drug-likeness (QED) is 0.847. The average molecular weight is 271 g/mol. The van der Waals surface area contributed by atoms with Crippen molar-refractivity contribution in [2.24, 2.45) is 5.92 Å². The van der Waals surface area contributed by atoms with Gasteiger partial charge in [0.05, 0.1) is 18.0 Å². The summed E-state index contributed by atoms with van der Waals surface area (Å²) in [6, 6.07) is 10.3. The maximum atomic E-state index is 9.88. The molecule has 1 saturated carbocycles. The third-order valence-corrected chi connectivity index (χ3v) is 3.92. The molecule has 3 rings (SSSR count). The molecule has 4 heteroatoms. The molecule has 2 atom stereocenters. The first-order valence-corrected chi connectivity index (χ1v) is 7.25. The topological polar surface area (TPSA) is 50.1 Å². The van der Waals surface area contributed by atoms with Gasteiger partial charge >= 0.3 is 0 Å². The molecule has 1 aromatic carbocycles. The fraction of sp³-hybridized carbons (Fsp3) is 0.438. The molecule has 1 aromatic heterocycles. The molecule has 20 heavy (non-hydrogen) atoms. The lowest BCUT2D eigenvalue weighted by molar-refractivity contribution is 0.145. The summed E-state index contributed by atoms with van der Waals surface area (Å²) >= 11 is 0. The van der Waals surface area contributed by atoms with Crippen LogP contribution in [0.25, 0.3) is 5.69 Å². The first-order valence-electron chi connectivity index (χ1n) is 7.25. The van der Waals surface area contributed by atoms with E-state index in [4.69, 9.17) is 0 Å². The first-order chi connectivity index (χ1) is 9.74. The van der Waals surface area contributed by atoms with Gasteiger partial charge in [-0.05, 0) is 37.8 Å². The summed E-state index contributed by atoms with van der Waals surface area (Å²) in [7, 11) is 0. The SMILES string of the molecule is CC(NCC(O)C1CC1)c1cnn(-c2ccccc2)c1. The van der Waals surface area contributed by atoms with Crippen molar-refractivity contribution in [1.82, 2.24) is 15.1 Å². The third-order valence-electron chi connectivity index (χ3n) is 3.92. The maximum absolute atomic E-state index is 9.88. The first kappa shape index (κ1) is 13.3. The summed E-state index contributed by atoms with van der Waals surface area (Å²) in [5, 5.41) is 17.7. The molecule has 0 radical (unpaired) electrons. The Morgan fingerprint density at radius 1 is 1.35 bits per heavy atom. The zero-order chi connectivity index (χ0) is 13.9. The fourth-order valence-electron chi connectivity index (χ4n) is 2.35. The van der Waals surface area contributed by atoms with Crippen LogP contribution < -0.4 is 5.32 Å². The zero-order valence-electron chi connectivity index (χ0n) is 11.7. The van der Waals surface area contributed by atoms with E-state index in [0.717, 1.165) is 11.3 Å². The Morgan fingerprint density at radius 2 is 2.10 bits per heavy atom. The van der Waals surface area contributed by atoms with Crippen molar-refractivity contribution in [2.45, 2.75) is 31.9 Å². The minimum Gasteiger partial charge on any atom is -0.392 e. The number of rotatable bonds is 6. The largest absolute Gasteiger partial charge is 0.392 e. The summed E-state index contributed by atoms with van der Waals surface area (Å²) in [6.45, 7) is 2.76. The van der Waals surface area contributed by atoms with Crippen molar-refractivity contribution in [1.29, 1.82) is 0 Å². The standard InChI is InChI=1S/C16H21N3O/c1-12(17-10-16(20)13-7-8-13)14-9-18-19(11-14)15-5-3-2-4-6-15/h2-6,9,11-13,16-17,20H,7-8,10H2,1H3. The van der Waals surface area contributed by atoms with Gasteiger partial charge in [-0.25, -0.2) is 4.68 Å². The Hall–Kier alpha value is -1.65. The van der Waals surface area contributed by atoms with Gasteiger partial charge in [0.25, 0.3) is 0 Å². The summed E-state index contributed by atoms with van der Waals surface area (Å²) in [6.07, 6.45) is 6.05. The van der Waals surface area contributed by atoms with Crippen LogP contribution in [0.4, 0.5) is 0 Å². The number of aromatic nitrogens is 2. The highest BCUT2D eigenvalue weighted by molar-refractivity contribution is 5.31. The minimum atomic E-state index is -0.207. The predicted octanol–water partition coefficient (Wildman–Crippen LogP) is 2.29. The Bertz CT molecular complexity index is 548. The van der Waals surface area contributed by atoms with Gasteiger partial charge in [-0.1, -0.05) is 18.2 Å². The summed E-state index contributed by atoms with van der Waals surface area (Å²) in [5.41, 5.74) is 2.20. The number of nitrogens with one attached hydrogen (secondary N) is 1. The molecule has 0 spiro atoms. The van der Waals surface area contributed by atoms with E-state index in [1.807, 2.05) is 47.4 Å². The van der Waals surface area contributed by atoms with Gasteiger partial charge < -0.3 is 10.4 Å². The zero-order valence-corrected chi connectivity index (χ0v) is 11.7. The van der Waals surface area contributed by atoms with Gasteiger partial charge in [-0.2, -0.15) is 5.10 Å². The molecule has 0 aliphatic heterocycles. The molecule has 2 aromatic rings. The van der Waals surface area contributed by atoms with Gasteiger partial charge in [0, 0.05) is 24.3 Å². The van der Waals surface area contributed by atoms with E-state index in [9.17, 15) is 5.11 Å². The second kappa shape index (κ2) is 5.77. The Kier molecular flexibility index (Phi) is 3.85. The lowest BCUT2D eigenvalue weighted by atomic mass is 10.1. The molecule has 1 heterocycles. The molecule has 0 saturated heterocycles. The molecule has 0 bridgehead atoms. The third kappa shape index (κ3) is 3.08. The molecule has 2 N–H and O–H groups in total. The van der Waals surface area contributed by atoms with Crippen LogP contribution in [-0.2, 0) is 0 Å². The molecule has 1 aliphatic rings. The number of aliphatic hydroxyl groups excluding tert-OH is 1. The minimum absolute atomic E-state index is 0.195. The molecule has 106 valence electrons. The molecular formula is C16H21N3O. The Labute approximate surface area is 119 Å². The van der Waals surface area contributed by atoms with Crippen molar-refractivity contribution in [3.63, 3.8) is 0 Å². The fourth-order valence-corrected chi connectivity index (χ4v) is 2.35. The van der Waals surface area contributed by atoms with E-state index in [1.165, 1.54) is 12.8 Å². The highest BCUT2D eigenvalue weighted by Crippen LogP contribution is 2.32. The molecule has 1 aliphatic carbocycles. The summed E-state index contributed by atoms with van der Waals surface area (Å²) < 4.78 is 1.88. The van der Waals surface area contributed by atoms with Crippen LogP contribution in [0.5, 0.6) is 0 Å². The van der Waals surface area contributed by atoms with E-state index in [2.05, 4.69) is 17.3 Å². The predicted molar refractivity (Wildman–Crippen MR) is 78.7 cm³/mol. The van der Waals surface area contributed by atoms with Crippen molar-refractivity contribution in [3.8, 4) is 5.69 Å². The van der Waals surface area contributed by atoms with Gasteiger partial charge in [0.1, 0.15) is 0 Å². The highest BCUT2D eigenvalue weighted by Gasteiger charge is 2.29. The van der Waals surface area contributed by atoms with Gasteiger partial charge in [0.15, 0.2) is 0 Å². The number of benzene rings is 1. The van der Waals surface area contributed by atoms with Gasteiger partial charge in [-0.3, -0.25) is 0 Å². The lowest BCUT2D eigenvalue weighted by Gasteiger charge is -2.15. The lowest BCUT2D eigenvalue weighted by Crippen LogP contribution is -2.30. The smallest absolute Gasteiger partial charge is 0.0692 e. The molecule has 1 fully saturated rings. The Morgan fingerprint density at radius 3 is 2.80 bits per heavy atom. The molecule has 2 unspecified atom stereocenters. The van der Waals surface area contributed by atoms with Crippen LogP contribution in [-0.4, -0.2) is 27.5 Å². The summed E-state index contributed by atoms with van der Waals surface area (Å²) in [4.78, 5) is 0. The summed E-state index contributed by atoms with van der Waals surface area (Å²) in [5.74, 6) is 0.516. The van der Waals surface area contributed by atoms with Crippen LogP contribution in [0, 0.1) is 5.92 Å². The van der Waals surface area contributed by atoms with Crippen LogP contribution >= 0.6 is 0 Å². The van der Waals surface area contributed by atoms with Crippen LogP contribution in [0.3, 0.4) is 0 Å². The maximum Gasteiger partial charge on any atom is 0.0692 e. The van der Waals surface area contributed by atoms with Gasteiger partial charge in [-0.15, -0.1) is 0 Å². The van der Waals surface area contributed by atoms with Crippen molar-refractivity contribution >= 4 is 0 Å². The van der Waals surface area contributed by atoms with Crippen molar-refractivity contribution in [2.75, 3.05) is 6.54 Å². The molecule has 4 nitrogen and oxygen atoms in total. The van der Waals surface area contributed by atoms with E-state index in [-0.39, 0.29) is 12.1 Å². The van der Waals surface area contributed by atoms with Crippen molar-refractivity contribution < 1.29 is 5.11 Å². The second-order valence-corrected chi connectivity index (χ2v) is 5.59. The number of hydrogen-bond donors (Lipinski definition) is 2. The highest BCUT2D eigenvalue weighted by atomic mass is 16.3. The molecule has 0 amide bonds. The number of aliphatic hydroxyl groups is 1. The molecular weight excluding hydrogens is 250 g/mol. The van der Waals surface area contributed by atoms with Gasteiger partial charge in [0.2, 0.25) is 0 Å². The number of para-hydroxylation sites is 1. The van der Waals surface area contributed by atoms with E-state index >= 15 is 0 Å². The normalized spacial score (nSPS) is 17.9. The van der Waals surface area contributed by atoms with Crippen LogP contribution in [0.1, 0.15) is 31.4 Å². The van der Waals surface area contributed by atoms with E-state index in [0.29, 0.717) is 12.5 Å². The average Bonchev–Trinajstić information content (AvgIpc) is 3.22. The van der Waals surface area contributed by atoms with E-state index < -0.39 is 0 Å². The van der Waals surface area contributed by atoms with E-state index in [1.54, 1.807) is 0 Å². The second-order valence-electron chi connectivity index (χ2n) is 5.59. The number of hydrogen-bond acceptors (Lipinski definition) is 3.